The Bertz CT molecular complexity index is 1240. The second kappa shape index (κ2) is 11.1. The summed E-state index contributed by atoms with van der Waals surface area (Å²) in [4.78, 5) is 41.5. The minimum atomic E-state index is -0.389. The number of morpholine rings is 1. The fraction of sp³-hybridized carbons (Fsp3) is 0.571. The number of H-pyrrole nitrogens is 1. The van der Waals surface area contributed by atoms with Gasteiger partial charge in [-0.2, -0.15) is 5.10 Å². The number of piperidine rings is 1. The molecule has 2 aliphatic heterocycles. The van der Waals surface area contributed by atoms with Gasteiger partial charge in [-0.15, -0.1) is 0 Å². The number of aromatic nitrogens is 2. The summed E-state index contributed by atoms with van der Waals surface area (Å²) >= 11 is 0. The van der Waals surface area contributed by atoms with Gasteiger partial charge in [0.05, 0.1) is 47.5 Å². The quantitative estimate of drug-likeness (QED) is 0.457. The van der Waals surface area contributed by atoms with Crippen LogP contribution in [0.1, 0.15) is 66.1 Å². The highest BCUT2D eigenvalue weighted by atomic mass is 16.5. The average Bonchev–Trinajstić information content (AvgIpc) is 3.53. The van der Waals surface area contributed by atoms with Gasteiger partial charge in [-0.3, -0.25) is 20.1 Å². The Hall–Kier alpha value is -3.28. The molecule has 0 spiro atoms. The summed E-state index contributed by atoms with van der Waals surface area (Å²) in [7, 11) is 1.74. The van der Waals surface area contributed by atoms with E-state index in [0.717, 1.165) is 49.8 Å². The maximum Gasteiger partial charge on any atom is 0.333 e. The molecule has 3 N–H and O–H groups in total. The molecule has 3 fully saturated rings. The molecule has 1 aromatic heterocycles. The van der Waals surface area contributed by atoms with Crippen LogP contribution in [0.15, 0.2) is 18.2 Å². The lowest BCUT2D eigenvalue weighted by molar-refractivity contribution is -0.138. The third-order valence-corrected chi connectivity index (χ3v) is 8.65. The monoisotopic (exact) mass is 536 g/mol. The summed E-state index contributed by atoms with van der Waals surface area (Å²) in [5, 5.41) is 12.3. The first-order valence-corrected chi connectivity index (χ1v) is 14.0. The van der Waals surface area contributed by atoms with E-state index in [1.165, 1.54) is 0 Å². The van der Waals surface area contributed by atoms with E-state index in [-0.39, 0.29) is 35.7 Å². The molecule has 2 aliphatic carbocycles. The number of nitrogens with zero attached hydrogens (tertiary/aromatic N) is 3. The minimum Gasteiger partial charge on any atom is -0.381 e. The van der Waals surface area contributed by atoms with Gasteiger partial charge in [-0.1, -0.05) is 12.1 Å². The summed E-state index contributed by atoms with van der Waals surface area (Å²) in [5.41, 5.74) is 6.60. The van der Waals surface area contributed by atoms with E-state index in [1.54, 1.807) is 18.2 Å². The number of carbonyl (C=O) groups is 3. The molecule has 0 radical (unpaired) electrons. The van der Waals surface area contributed by atoms with Crippen LogP contribution in [0.5, 0.6) is 0 Å². The molecule has 4 aliphatic rings. The van der Waals surface area contributed by atoms with Crippen molar-refractivity contribution in [1.82, 2.24) is 25.5 Å². The summed E-state index contributed by atoms with van der Waals surface area (Å²) in [6.07, 6.45) is 5.47. The summed E-state index contributed by atoms with van der Waals surface area (Å²) in [6, 6.07) is 5.07. The van der Waals surface area contributed by atoms with E-state index in [2.05, 4.69) is 20.9 Å². The summed E-state index contributed by atoms with van der Waals surface area (Å²) in [5.74, 6) is 0.312. The van der Waals surface area contributed by atoms with Crippen LogP contribution in [0.2, 0.25) is 0 Å². The molecule has 3 heterocycles. The molecule has 6 rings (SSSR count). The molecule has 0 bridgehead atoms. The molecule has 11 heteroatoms. The smallest absolute Gasteiger partial charge is 0.333 e. The first-order valence-electron chi connectivity index (χ1n) is 14.0. The van der Waals surface area contributed by atoms with E-state index in [4.69, 9.17) is 9.47 Å². The number of ketones is 1. The van der Waals surface area contributed by atoms with E-state index in [1.807, 2.05) is 17.0 Å². The fourth-order valence-corrected chi connectivity index (χ4v) is 6.46. The molecule has 1 saturated carbocycles. The number of hydrazine groups is 1. The standard InChI is InChI=1S/C28H36N6O5/c1-38-19-7-5-18(6-8-19)27(36)33-11-9-17(10-12-33)24-23-25(31-30-24)20-3-2-4-21(22(20)26(23)35)29-28(37)32-34-13-15-39-16-14-34/h2-4,17-19H,5-16H2,1H3,(H,30,31)(H2,29,32,37)/t18-,19-. The number of ether oxygens (including phenoxy) is 2. The molecule has 3 amide bonds. The van der Waals surface area contributed by atoms with Crippen LogP contribution in [0, 0.1) is 5.92 Å². The number of benzene rings is 1. The Balaban J connectivity index is 1.11. The molecule has 39 heavy (non-hydrogen) atoms. The first-order chi connectivity index (χ1) is 19.0. The molecule has 2 aromatic rings. The second-order valence-electron chi connectivity index (χ2n) is 10.9. The van der Waals surface area contributed by atoms with E-state index < -0.39 is 0 Å². The van der Waals surface area contributed by atoms with Crippen LogP contribution in [0.25, 0.3) is 11.3 Å². The molecular weight excluding hydrogens is 500 g/mol. The normalized spacial score (nSPS) is 23.8. The van der Waals surface area contributed by atoms with E-state index >= 15 is 0 Å². The Labute approximate surface area is 227 Å². The van der Waals surface area contributed by atoms with Gasteiger partial charge in [0.1, 0.15) is 0 Å². The van der Waals surface area contributed by atoms with E-state index in [0.29, 0.717) is 61.9 Å². The van der Waals surface area contributed by atoms with Gasteiger partial charge < -0.3 is 19.7 Å². The number of methoxy groups -OCH3 is 1. The molecular formula is C28H36N6O5. The van der Waals surface area contributed by atoms with Crippen molar-refractivity contribution in [2.24, 2.45) is 5.92 Å². The zero-order valence-corrected chi connectivity index (χ0v) is 22.3. The van der Waals surface area contributed by atoms with E-state index in [9.17, 15) is 14.4 Å². The molecule has 0 atom stereocenters. The highest BCUT2D eigenvalue weighted by molar-refractivity contribution is 6.25. The predicted molar refractivity (Wildman–Crippen MR) is 143 cm³/mol. The Morgan fingerprint density at radius 3 is 2.49 bits per heavy atom. The highest BCUT2D eigenvalue weighted by Gasteiger charge is 2.38. The van der Waals surface area contributed by atoms with Crippen molar-refractivity contribution < 1.29 is 23.9 Å². The number of fused-ring (bicyclic) bond motifs is 3. The lowest BCUT2D eigenvalue weighted by Gasteiger charge is -2.36. The van der Waals surface area contributed by atoms with Gasteiger partial charge >= 0.3 is 6.03 Å². The van der Waals surface area contributed by atoms with Crippen LogP contribution >= 0.6 is 0 Å². The van der Waals surface area contributed by atoms with Gasteiger partial charge in [0.25, 0.3) is 0 Å². The van der Waals surface area contributed by atoms with Crippen molar-refractivity contribution in [2.45, 2.75) is 50.5 Å². The Morgan fingerprint density at radius 2 is 1.77 bits per heavy atom. The number of amides is 3. The van der Waals surface area contributed by atoms with Crippen LogP contribution < -0.4 is 10.7 Å². The lowest BCUT2D eigenvalue weighted by atomic mass is 9.85. The van der Waals surface area contributed by atoms with Crippen molar-refractivity contribution in [3.8, 4) is 11.3 Å². The zero-order chi connectivity index (χ0) is 26.9. The lowest BCUT2D eigenvalue weighted by Crippen LogP contribution is -2.49. The predicted octanol–water partition coefficient (Wildman–Crippen LogP) is 2.90. The fourth-order valence-electron chi connectivity index (χ4n) is 6.46. The molecule has 208 valence electrons. The number of nitrogens with one attached hydrogen (secondary N) is 3. The van der Waals surface area contributed by atoms with Crippen molar-refractivity contribution in [2.75, 3.05) is 51.8 Å². The topological polar surface area (TPSA) is 129 Å². The number of carbonyl (C=O) groups excluding carboxylic acids is 3. The summed E-state index contributed by atoms with van der Waals surface area (Å²) in [6.45, 7) is 3.69. The third-order valence-electron chi connectivity index (χ3n) is 8.65. The number of urea groups is 1. The zero-order valence-electron chi connectivity index (χ0n) is 22.3. The molecule has 0 unspecified atom stereocenters. The van der Waals surface area contributed by atoms with Gasteiger partial charge in [0, 0.05) is 50.7 Å². The first kappa shape index (κ1) is 26.0. The average molecular weight is 537 g/mol. The Morgan fingerprint density at radius 1 is 1.03 bits per heavy atom. The van der Waals surface area contributed by atoms with Crippen LogP contribution in [-0.4, -0.2) is 90.4 Å². The number of likely N-dealkylation sites (tertiary alicyclic amines) is 1. The van der Waals surface area contributed by atoms with Crippen molar-refractivity contribution in [3.63, 3.8) is 0 Å². The second-order valence-corrected chi connectivity index (χ2v) is 10.9. The van der Waals surface area contributed by atoms with Gasteiger partial charge in [0.15, 0.2) is 5.78 Å². The van der Waals surface area contributed by atoms with Gasteiger partial charge in [0.2, 0.25) is 5.91 Å². The van der Waals surface area contributed by atoms with Crippen LogP contribution in [0.3, 0.4) is 0 Å². The van der Waals surface area contributed by atoms with Crippen LogP contribution in [0.4, 0.5) is 10.5 Å². The minimum absolute atomic E-state index is 0.0880. The van der Waals surface area contributed by atoms with Crippen molar-refractivity contribution >= 4 is 23.4 Å². The highest BCUT2D eigenvalue weighted by Crippen LogP contribution is 2.43. The molecule has 1 aromatic carbocycles. The maximum atomic E-state index is 13.7. The summed E-state index contributed by atoms with van der Waals surface area (Å²) < 4.78 is 10.8. The number of hydrogen-bond acceptors (Lipinski definition) is 7. The number of aromatic amines is 1. The largest absolute Gasteiger partial charge is 0.381 e. The van der Waals surface area contributed by atoms with Gasteiger partial charge in [-0.05, 0) is 44.6 Å². The van der Waals surface area contributed by atoms with Crippen molar-refractivity contribution in [1.29, 1.82) is 0 Å². The number of rotatable bonds is 5. The molecule has 11 nitrogen and oxygen atoms in total. The number of anilines is 1. The maximum absolute atomic E-state index is 13.7. The van der Waals surface area contributed by atoms with Crippen molar-refractivity contribution in [3.05, 3.63) is 35.0 Å². The SMILES string of the molecule is CO[C@H]1CC[C@H](C(=O)N2CCC(c3n[nH]c4c3C(=O)c3c(NC(=O)NN5CCOCC5)cccc3-4)CC2)CC1. The third kappa shape index (κ3) is 5.06. The number of hydrogen-bond donors (Lipinski definition) is 3. The van der Waals surface area contributed by atoms with Crippen LogP contribution in [-0.2, 0) is 14.3 Å². The Kier molecular flexibility index (Phi) is 7.37. The molecule has 2 saturated heterocycles. The van der Waals surface area contributed by atoms with Gasteiger partial charge in [-0.25, -0.2) is 9.80 Å².